The maximum atomic E-state index is 13.5. The highest BCUT2D eigenvalue weighted by molar-refractivity contribution is 5.94. The van der Waals surface area contributed by atoms with Gasteiger partial charge in [0.25, 0.3) is 0 Å². The Kier molecular flexibility index (Phi) is 4.60. The Labute approximate surface area is 141 Å². The van der Waals surface area contributed by atoms with E-state index >= 15 is 0 Å². The lowest BCUT2D eigenvalue weighted by atomic mass is 10.1. The molecule has 0 fully saturated rings. The van der Waals surface area contributed by atoms with Gasteiger partial charge in [-0.25, -0.2) is 23.5 Å². The number of hydrogen-bond donors (Lipinski definition) is 2. The zero-order valence-corrected chi connectivity index (χ0v) is 12.8. The number of benzene rings is 1. The molecule has 3 rings (SSSR count). The SMILES string of the molecule is O=C(O)c1cnc(NCc2ccncc2)nc1-c1cc(F)cc(F)c1. The molecule has 2 aromatic heterocycles. The minimum Gasteiger partial charge on any atom is -0.478 e. The third-order valence-electron chi connectivity index (χ3n) is 3.36. The summed E-state index contributed by atoms with van der Waals surface area (Å²) in [4.78, 5) is 23.3. The van der Waals surface area contributed by atoms with Gasteiger partial charge in [0.2, 0.25) is 5.95 Å². The van der Waals surface area contributed by atoms with Crippen LogP contribution in [0.5, 0.6) is 0 Å². The van der Waals surface area contributed by atoms with Gasteiger partial charge in [-0.15, -0.1) is 0 Å². The van der Waals surface area contributed by atoms with Crippen LogP contribution in [-0.2, 0) is 6.54 Å². The van der Waals surface area contributed by atoms with Crippen LogP contribution in [0, 0.1) is 11.6 Å². The summed E-state index contributed by atoms with van der Waals surface area (Å²) in [6.07, 6.45) is 4.36. The lowest BCUT2D eigenvalue weighted by molar-refractivity contribution is 0.0697. The van der Waals surface area contributed by atoms with Crippen molar-refractivity contribution >= 4 is 11.9 Å². The van der Waals surface area contributed by atoms with Crippen molar-refractivity contribution in [2.45, 2.75) is 6.54 Å². The minimum absolute atomic E-state index is 0.0178. The smallest absolute Gasteiger partial charge is 0.339 e. The lowest BCUT2D eigenvalue weighted by Gasteiger charge is -2.10. The van der Waals surface area contributed by atoms with E-state index in [1.165, 1.54) is 0 Å². The van der Waals surface area contributed by atoms with E-state index in [-0.39, 0.29) is 22.8 Å². The first-order valence-corrected chi connectivity index (χ1v) is 7.22. The number of anilines is 1. The molecule has 126 valence electrons. The highest BCUT2D eigenvalue weighted by Gasteiger charge is 2.17. The second kappa shape index (κ2) is 7.00. The molecule has 8 heteroatoms. The Balaban J connectivity index is 1.96. The number of pyridine rings is 1. The van der Waals surface area contributed by atoms with Gasteiger partial charge in [-0.05, 0) is 29.8 Å². The second-order valence-corrected chi connectivity index (χ2v) is 5.13. The van der Waals surface area contributed by atoms with Gasteiger partial charge in [-0.1, -0.05) is 0 Å². The van der Waals surface area contributed by atoms with Crippen molar-refractivity contribution in [1.29, 1.82) is 0 Å². The van der Waals surface area contributed by atoms with Gasteiger partial charge in [0.05, 0.1) is 5.69 Å². The molecule has 3 aromatic rings. The normalized spacial score (nSPS) is 10.5. The molecule has 0 radical (unpaired) electrons. The van der Waals surface area contributed by atoms with Crippen LogP contribution < -0.4 is 5.32 Å². The molecule has 2 heterocycles. The third kappa shape index (κ3) is 3.92. The number of carbonyl (C=O) groups is 1. The standard InChI is InChI=1S/C17H12F2N4O2/c18-12-5-11(6-13(19)7-12)15-14(16(24)25)9-22-17(23-15)21-8-10-1-3-20-4-2-10/h1-7,9H,8H2,(H,24,25)(H,21,22,23). The summed E-state index contributed by atoms with van der Waals surface area (Å²) >= 11 is 0. The number of rotatable bonds is 5. The van der Waals surface area contributed by atoms with Crippen LogP contribution in [0.1, 0.15) is 15.9 Å². The molecular weight excluding hydrogens is 330 g/mol. The lowest BCUT2D eigenvalue weighted by Crippen LogP contribution is -2.09. The summed E-state index contributed by atoms with van der Waals surface area (Å²) in [5, 5.41) is 12.2. The molecule has 0 aliphatic rings. The van der Waals surface area contributed by atoms with E-state index in [0.29, 0.717) is 12.6 Å². The summed E-state index contributed by atoms with van der Waals surface area (Å²) in [5.41, 5.74) is 0.612. The average molecular weight is 342 g/mol. The highest BCUT2D eigenvalue weighted by atomic mass is 19.1. The molecule has 2 N–H and O–H groups in total. The van der Waals surface area contributed by atoms with Crippen LogP contribution in [0.4, 0.5) is 14.7 Å². The number of nitrogens with zero attached hydrogens (tertiary/aromatic N) is 3. The van der Waals surface area contributed by atoms with Crippen molar-refractivity contribution in [2.75, 3.05) is 5.32 Å². The summed E-state index contributed by atoms with van der Waals surface area (Å²) in [6, 6.07) is 6.33. The minimum atomic E-state index is -1.29. The molecule has 25 heavy (non-hydrogen) atoms. The van der Waals surface area contributed by atoms with Gasteiger partial charge < -0.3 is 10.4 Å². The number of aromatic nitrogens is 3. The molecule has 0 bridgehead atoms. The predicted octanol–water partition coefficient (Wildman–Crippen LogP) is 3.13. The summed E-state index contributed by atoms with van der Waals surface area (Å²) < 4.78 is 26.9. The van der Waals surface area contributed by atoms with Crippen molar-refractivity contribution < 1.29 is 18.7 Å². The van der Waals surface area contributed by atoms with Crippen molar-refractivity contribution in [1.82, 2.24) is 15.0 Å². The maximum absolute atomic E-state index is 13.5. The van der Waals surface area contributed by atoms with Gasteiger partial charge in [0, 0.05) is 36.8 Å². The topological polar surface area (TPSA) is 88.0 Å². The van der Waals surface area contributed by atoms with Gasteiger partial charge in [0.15, 0.2) is 0 Å². The van der Waals surface area contributed by atoms with Gasteiger partial charge in [-0.2, -0.15) is 0 Å². The van der Waals surface area contributed by atoms with Crippen LogP contribution in [0.3, 0.4) is 0 Å². The largest absolute Gasteiger partial charge is 0.478 e. The van der Waals surface area contributed by atoms with Gasteiger partial charge in [-0.3, -0.25) is 4.98 Å². The average Bonchev–Trinajstić information content (AvgIpc) is 2.59. The molecule has 0 amide bonds. The van der Waals surface area contributed by atoms with E-state index in [4.69, 9.17) is 0 Å². The Morgan fingerprint density at radius 1 is 1.12 bits per heavy atom. The number of hydrogen-bond acceptors (Lipinski definition) is 5. The monoisotopic (exact) mass is 342 g/mol. The number of carboxylic acids is 1. The van der Waals surface area contributed by atoms with Crippen molar-refractivity contribution in [2.24, 2.45) is 0 Å². The zero-order valence-electron chi connectivity index (χ0n) is 12.8. The molecule has 0 aliphatic carbocycles. The van der Waals surface area contributed by atoms with E-state index in [9.17, 15) is 18.7 Å². The zero-order chi connectivity index (χ0) is 17.8. The summed E-state index contributed by atoms with van der Waals surface area (Å²) in [6.45, 7) is 0.381. The number of carboxylic acid groups (broad SMARTS) is 1. The van der Waals surface area contributed by atoms with Crippen LogP contribution >= 0.6 is 0 Å². The molecule has 1 aromatic carbocycles. The molecule has 0 spiro atoms. The quantitative estimate of drug-likeness (QED) is 0.741. The first-order chi connectivity index (χ1) is 12.0. The van der Waals surface area contributed by atoms with Crippen LogP contribution in [-0.4, -0.2) is 26.0 Å². The Morgan fingerprint density at radius 3 is 2.44 bits per heavy atom. The van der Waals surface area contributed by atoms with E-state index in [2.05, 4.69) is 20.3 Å². The fourth-order valence-electron chi connectivity index (χ4n) is 2.22. The number of aromatic carboxylic acids is 1. The molecule has 0 atom stereocenters. The maximum Gasteiger partial charge on any atom is 0.339 e. The summed E-state index contributed by atoms with van der Waals surface area (Å²) in [7, 11) is 0. The van der Waals surface area contributed by atoms with Crippen LogP contribution in [0.15, 0.2) is 48.9 Å². The number of halogens is 2. The molecule has 0 saturated carbocycles. The van der Waals surface area contributed by atoms with E-state index < -0.39 is 17.6 Å². The number of nitrogens with one attached hydrogen (secondary N) is 1. The van der Waals surface area contributed by atoms with Crippen molar-refractivity contribution in [3.05, 3.63) is 71.7 Å². The third-order valence-corrected chi connectivity index (χ3v) is 3.36. The van der Waals surface area contributed by atoms with Gasteiger partial charge >= 0.3 is 5.97 Å². The molecule has 0 unspecified atom stereocenters. The van der Waals surface area contributed by atoms with Crippen LogP contribution in [0.25, 0.3) is 11.3 Å². The predicted molar refractivity (Wildman–Crippen MR) is 85.9 cm³/mol. The fraction of sp³-hybridized carbons (Fsp3) is 0.0588. The molecule has 6 nitrogen and oxygen atoms in total. The summed E-state index contributed by atoms with van der Waals surface area (Å²) in [5.74, 6) is -2.80. The molecule has 0 saturated heterocycles. The Morgan fingerprint density at radius 2 is 1.80 bits per heavy atom. The highest BCUT2D eigenvalue weighted by Crippen LogP contribution is 2.24. The Hall–Kier alpha value is -3.42. The first kappa shape index (κ1) is 16.4. The van der Waals surface area contributed by atoms with Crippen molar-refractivity contribution in [3.63, 3.8) is 0 Å². The van der Waals surface area contributed by atoms with E-state index in [1.807, 2.05) is 0 Å². The fourth-order valence-corrected chi connectivity index (χ4v) is 2.22. The first-order valence-electron chi connectivity index (χ1n) is 7.22. The molecule has 0 aliphatic heterocycles. The second-order valence-electron chi connectivity index (χ2n) is 5.13. The van der Waals surface area contributed by atoms with E-state index in [1.54, 1.807) is 24.5 Å². The molecular formula is C17H12F2N4O2. The van der Waals surface area contributed by atoms with Crippen molar-refractivity contribution in [3.8, 4) is 11.3 Å². The Bertz CT molecular complexity index is 900. The van der Waals surface area contributed by atoms with Gasteiger partial charge in [0.1, 0.15) is 17.2 Å². The van der Waals surface area contributed by atoms with Crippen LogP contribution in [0.2, 0.25) is 0 Å². The van der Waals surface area contributed by atoms with E-state index in [0.717, 1.165) is 23.9 Å².